The highest BCUT2D eigenvalue weighted by Gasteiger charge is 2.43. The number of amides is 1. The monoisotopic (exact) mass is 405 g/mol. The Morgan fingerprint density at radius 2 is 1.90 bits per heavy atom. The van der Waals surface area contributed by atoms with Crippen molar-refractivity contribution >= 4 is 23.8 Å². The predicted molar refractivity (Wildman–Crippen MR) is 103 cm³/mol. The first-order chi connectivity index (χ1) is 13.8. The summed E-state index contributed by atoms with van der Waals surface area (Å²) in [5.41, 5.74) is 0.835. The molecule has 158 valence electrons. The molecule has 0 aliphatic carbocycles. The molecule has 1 amide bonds. The summed E-state index contributed by atoms with van der Waals surface area (Å²) in [4.78, 5) is 50.0. The number of rotatable bonds is 9. The van der Waals surface area contributed by atoms with Gasteiger partial charge in [0.15, 0.2) is 0 Å². The molecule has 0 spiro atoms. The first kappa shape index (κ1) is 22.4. The lowest BCUT2D eigenvalue weighted by molar-refractivity contribution is -0.171. The minimum Gasteiger partial charge on any atom is -0.478 e. The summed E-state index contributed by atoms with van der Waals surface area (Å²) < 4.78 is 10.3. The standard InChI is InChI=1S/C21H27NO7/c1-3-8-16(18(20(25)26)29-14(2)23)19(24)22-12-7-11-17(22)21(27)28-13-15-9-5-4-6-10-15/h4-6,9-10,16-18H,3,7-8,11-13H2,1-2H3,(H,25,26)/t16-,17+,18+/m1/s1. The molecule has 1 saturated heterocycles. The third kappa shape index (κ3) is 6.04. The number of carbonyl (C=O) groups is 4. The maximum Gasteiger partial charge on any atom is 0.345 e. The number of carbonyl (C=O) groups excluding carboxylic acids is 3. The normalized spacial score (nSPS) is 18.0. The molecule has 8 heteroatoms. The second-order valence-electron chi connectivity index (χ2n) is 7.05. The van der Waals surface area contributed by atoms with E-state index >= 15 is 0 Å². The molecular formula is C21H27NO7. The second kappa shape index (κ2) is 10.6. The van der Waals surface area contributed by atoms with Crippen molar-refractivity contribution in [2.75, 3.05) is 6.54 Å². The molecule has 1 fully saturated rings. The number of esters is 2. The fraction of sp³-hybridized carbons (Fsp3) is 0.524. The van der Waals surface area contributed by atoms with Gasteiger partial charge in [0.2, 0.25) is 12.0 Å². The van der Waals surface area contributed by atoms with E-state index in [2.05, 4.69) is 0 Å². The van der Waals surface area contributed by atoms with Crippen LogP contribution in [0, 0.1) is 5.92 Å². The van der Waals surface area contributed by atoms with Crippen LogP contribution in [0.2, 0.25) is 0 Å². The smallest absolute Gasteiger partial charge is 0.345 e. The first-order valence-corrected chi connectivity index (χ1v) is 9.76. The van der Waals surface area contributed by atoms with Crippen LogP contribution in [-0.4, -0.2) is 52.5 Å². The molecule has 0 radical (unpaired) electrons. The molecule has 2 rings (SSSR count). The maximum atomic E-state index is 13.1. The SMILES string of the molecule is CCC[C@@H](C(=O)N1CCC[C@H]1C(=O)OCc1ccccc1)[C@H](OC(C)=O)C(=O)O. The van der Waals surface area contributed by atoms with Gasteiger partial charge in [-0.3, -0.25) is 9.59 Å². The van der Waals surface area contributed by atoms with Crippen molar-refractivity contribution in [3.63, 3.8) is 0 Å². The molecule has 8 nitrogen and oxygen atoms in total. The van der Waals surface area contributed by atoms with Crippen molar-refractivity contribution < 1.29 is 33.8 Å². The van der Waals surface area contributed by atoms with Crippen LogP contribution in [0.25, 0.3) is 0 Å². The van der Waals surface area contributed by atoms with Crippen molar-refractivity contribution in [2.45, 2.75) is 58.3 Å². The quantitative estimate of drug-likeness (QED) is 0.627. The van der Waals surface area contributed by atoms with Crippen LogP contribution < -0.4 is 0 Å². The molecule has 0 bridgehead atoms. The number of likely N-dealkylation sites (tertiary alicyclic amines) is 1. The Morgan fingerprint density at radius 3 is 2.48 bits per heavy atom. The van der Waals surface area contributed by atoms with Crippen molar-refractivity contribution in [1.82, 2.24) is 4.90 Å². The number of carboxylic acid groups (broad SMARTS) is 1. The number of benzene rings is 1. The molecular weight excluding hydrogens is 378 g/mol. The van der Waals surface area contributed by atoms with Crippen molar-refractivity contribution in [1.29, 1.82) is 0 Å². The molecule has 29 heavy (non-hydrogen) atoms. The summed E-state index contributed by atoms with van der Waals surface area (Å²) >= 11 is 0. The van der Waals surface area contributed by atoms with E-state index in [1.807, 2.05) is 37.3 Å². The molecule has 1 aliphatic heterocycles. The van der Waals surface area contributed by atoms with Gasteiger partial charge in [0.05, 0.1) is 5.92 Å². The molecule has 1 aromatic rings. The van der Waals surface area contributed by atoms with Gasteiger partial charge in [-0.2, -0.15) is 0 Å². The van der Waals surface area contributed by atoms with Crippen LogP contribution in [0.3, 0.4) is 0 Å². The van der Waals surface area contributed by atoms with E-state index in [0.29, 0.717) is 25.8 Å². The topological polar surface area (TPSA) is 110 Å². The van der Waals surface area contributed by atoms with Crippen LogP contribution in [0.4, 0.5) is 0 Å². The number of aliphatic carboxylic acids is 1. The Hall–Kier alpha value is -2.90. The lowest BCUT2D eigenvalue weighted by Gasteiger charge is -2.30. The second-order valence-corrected chi connectivity index (χ2v) is 7.05. The highest BCUT2D eigenvalue weighted by molar-refractivity contribution is 5.90. The van der Waals surface area contributed by atoms with Gasteiger partial charge in [0.1, 0.15) is 12.6 Å². The lowest BCUT2D eigenvalue weighted by atomic mass is 9.94. The van der Waals surface area contributed by atoms with Crippen LogP contribution in [0.1, 0.15) is 45.1 Å². The Morgan fingerprint density at radius 1 is 1.21 bits per heavy atom. The minimum atomic E-state index is -1.58. The van der Waals surface area contributed by atoms with Gasteiger partial charge in [-0.1, -0.05) is 43.7 Å². The van der Waals surface area contributed by atoms with Gasteiger partial charge in [-0.15, -0.1) is 0 Å². The Labute approximate surface area is 169 Å². The average molecular weight is 405 g/mol. The van der Waals surface area contributed by atoms with E-state index in [0.717, 1.165) is 12.5 Å². The van der Waals surface area contributed by atoms with Gasteiger partial charge in [0, 0.05) is 13.5 Å². The summed E-state index contributed by atoms with van der Waals surface area (Å²) in [7, 11) is 0. The lowest BCUT2D eigenvalue weighted by Crippen LogP contribution is -2.49. The number of ether oxygens (including phenoxy) is 2. The van der Waals surface area contributed by atoms with Gasteiger partial charge >= 0.3 is 17.9 Å². The Kier molecular flexibility index (Phi) is 8.18. The number of carboxylic acids is 1. The average Bonchev–Trinajstić information content (AvgIpc) is 3.18. The molecule has 1 aromatic carbocycles. The number of hydrogen-bond acceptors (Lipinski definition) is 6. The van der Waals surface area contributed by atoms with E-state index in [4.69, 9.17) is 9.47 Å². The minimum absolute atomic E-state index is 0.0990. The summed E-state index contributed by atoms with van der Waals surface area (Å²) in [5, 5.41) is 9.46. The van der Waals surface area contributed by atoms with E-state index in [9.17, 15) is 24.3 Å². The number of nitrogens with zero attached hydrogens (tertiary/aromatic N) is 1. The van der Waals surface area contributed by atoms with Crippen molar-refractivity contribution in [3.05, 3.63) is 35.9 Å². The summed E-state index contributed by atoms with van der Waals surface area (Å²) in [6.07, 6.45) is 0.232. The molecule has 1 heterocycles. The van der Waals surface area contributed by atoms with Gasteiger partial charge in [-0.25, -0.2) is 9.59 Å². The van der Waals surface area contributed by atoms with Gasteiger partial charge in [-0.05, 0) is 24.8 Å². The van der Waals surface area contributed by atoms with Crippen LogP contribution in [0.5, 0.6) is 0 Å². The highest BCUT2D eigenvalue weighted by atomic mass is 16.6. The predicted octanol–water partition coefficient (Wildman–Crippen LogP) is 2.15. The Bertz CT molecular complexity index is 734. The Balaban J connectivity index is 2.11. The summed E-state index contributed by atoms with van der Waals surface area (Å²) in [6, 6.07) is 8.43. The molecule has 3 atom stereocenters. The molecule has 0 aromatic heterocycles. The molecule has 1 N–H and O–H groups in total. The third-order valence-corrected chi connectivity index (χ3v) is 4.85. The zero-order chi connectivity index (χ0) is 21.4. The fourth-order valence-corrected chi connectivity index (χ4v) is 3.51. The van der Waals surface area contributed by atoms with Crippen LogP contribution in [-0.2, 0) is 35.3 Å². The van der Waals surface area contributed by atoms with Crippen LogP contribution in [0.15, 0.2) is 30.3 Å². The largest absolute Gasteiger partial charge is 0.478 e. The van der Waals surface area contributed by atoms with Crippen molar-refractivity contribution in [3.8, 4) is 0 Å². The van der Waals surface area contributed by atoms with E-state index < -0.39 is 41.9 Å². The molecule has 1 aliphatic rings. The van der Waals surface area contributed by atoms with Crippen LogP contribution >= 0.6 is 0 Å². The van der Waals surface area contributed by atoms with E-state index in [1.165, 1.54) is 4.90 Å². The molecule has 0 saturated carbocycles. The third-order valence-electron chi connectivity index (χ3n) is 4.85. The molecule has 0 unspecified atom stereocenters. The zero-order valence-electron chi connectivity index (χ0n) is 16.7. The summed E-state index contributed by atoms with van der Waals surface area (Å²) in [5.74, 6) is -4.22. The van der Waals surface area contributed by atoms with Gasteiger partial charge in [0.25, 0.3) is 0 Å². The maximum absolute atomic E-state index is 13.1. The van der Waals surface area contributed by atoms with Crippen molar-refractivity contribution in [2.24, 2.45) is 5.92 Å². The number of hydrogen-bond donors (Lipinski definition) is 1. The highest BCUT2D eigenvalue weighted by Crippen LogP contribution is 2.26. The zero-order valence-corrected chi connectivity index (χ0v) is 16.7. The first-order valence-electron chi connectivity index (χ1n) is 9.76. The fourth-order valence-electron chi connectivity index (χ4n) is 3.51. The van der Waals surface area contributed by atoms with E-state index in [1.54, 1.807) is 0 Å². The van der Waals surface area contributed by atoms with Gasteiger partial charge < -0.3 is 19.5 Å². The summed E-state index contributed by atoms with van der Waals surface area (Å²) in [6.45, 7) is 3.34. The van der Waals surface area contributed by atoms with E-state index in [-0.39, 0.29) is 13.0 Å².